The minimum absolute atomic E-state index is 0.172. The molecule has 8 heteroatoms. The fourth-order valence-corrected chi connectivity index (χ4v) is 2.34. The van der Waals surface area contributed by atoms with E-state index in [9.17, 15) is 17.2 Å². The highest BCUT2D eigenvalue weighted by Gasteiger charge is 2.16. The fraction of sp³-hybridized carbons (Fsp3) is 0.231. The molecule has 0 saturated heterocycles. The van der Waals surface area contributed by atoms with Crippen LogP contribution in [0, 0.1) is 11.6 Å². The largest absolute Gasteiger partial charge is 0.447 e. The molecule has 0 fully saturated rings. The first-order valence-corrected chi connectivity index (χ1v) is 7.57. The summed E-state index contributed by atoms with van der Waals surface area (Å²) in [5.41, 5.74) is 0.573. The van der Waals surface area contributed by atoms with Crippen LogP contribution in [0.3, 0.4) is 0 Å². The van der Waals surface area contributed by atoms with E-state index in [2.05, 4.69) is 10.0 Å². The van der Waals surface area contributed by atoms with Crippen molar-refractivity contribution < 1.29 is 21.6 Å². The highest BCUT2D eigenvalue weighted by molar-refractivity contribution is 7.89. The number of hydrogen-bond donors (Lipinski definition) is 2. The second-order valence-corrected chi connectivity index (χ2v) is 6.10. The number of benzene rings is 1. The summed E-state index contributed by atoms with van der Waals surface area (Å²) in [5, 5.41) is 2.78. The second kappa shape index (κ2) is 6.33. The van der Waals surface area contributed by atoms with Gasteiger partial charge in [0.1, 0.15) is 5.76 Å². The number of rotatable bonds is 6. The number of nitrogens with one attached hydrogen (secondary N) is 2. The predicted octanol–water partition coefficient (Wildman–Crippen LogP) is 1.76. The SMILES string of the molecule is CNS(=O)(=O)c1ccc(CNCc2ccc(F)c(F)c2)o1. The Balaban J connectivity index is 1.93. The van der Waals surface area contributed by atoms with Gasteiger partial charge in [-0.3, -0.25) is 0 Å². The monoisotopic (exact) mass is 316 g/mol. The van der Waals surface area contributed by atoms with Gasteiger partial charge in [0.2, 0.25) is 5.09 Å². The van der Waals surface area contributed by atoms with Gasteiger partial charge in [-0.1, -0.05) is 6.07 Å². The Labute approximate surface area is 121 Å². The van der Waals surface area contributed by atoms with E-state index in [1.165, 1.54) is 25.2 Å². The Morgan fingerprint density at radius 3 is 2.52 bits per heavy atom. The smallest absolute Gasteiger partial charge is 0.273 e. The Morgan fingerprint density at radius 1 is 1.10 bits per heavy atom. The highest BCUT2D eigenvalue weighted by Crippen LogP contribution is 2.13. The summed E-state index contributed by atoms with van der Waals surface area (Å²) in [7, 11) is -2.31. The Morgan fingerprint density at radius 2 is 1.86 bits per heavy atom. The van der Waals surface area contributed by atoms with Crippen LogP contribution in [0.5, 0.6) is 0 Å². The molecule has 0 aliphatic carbocycles. The first kappa shape index (κ1) is 15.6. The molecule has 0 aliphatic rings. The van der Waals surface area contributed by atoms with E-state index in [1.54, 1.807) is 0 Å². The molecule has 1 aromatic carbocycles. The summed E-state index contributed by atoms with van der Waals surface area (Å²) in [5.74, 6) is -1.38. The first-order valence-electron chi connectivity index (χ1n) is 6.09. The van der Waals surface area contributed by atoms with E-state index >= 15 is 0 Å². The van der Waals surface area contributed by atoms with Crippen LogP contribution in [0.25, 0.3) is 0 Å². The Hall–Kier alpha value is -1.77. The molecule has 114 valence electrons. The number of sulfonamides is 1. The van der Waals surface area contributed by atoms with Crippen molar-refractivity contribution in [1.82, 2.24) is 10.0 Å². The molecule has 1 aromatic heterocycles. The van der Waals surface area contributed by atoms with E-state index in [4.69, 9.17) is 4.42 Å². The third-order valence-electron chi connectivity index (χ3n) is 2.78. The van der Waals surface area contributed by atoms with Crippen molar-refractivity contribution in [1.29, 1.82) is 0 Å². The molecule has 0 saturated carbocycles. The second-order valence-electron chi connectivity index (χ2n) is 4.28. The van der Waals surface area contributed by atoms with Gasteiger partial charge in [0, 0.05) is 6.54 Å². The molecule has 0 unspecified atom stereocenters. The Kier molecular flexibility index (Phi) is 4.71. The molecular formula is C13H14F2N2O3S. The summed E-state index contributed by atoms with van der Waals surface area (Å²) >= 11 is 0. The van der Waals surface area contributed by atoms with Crippen LogP contribution in [0.15, 0.2) is 39.8 Å². The van der Waals surface area contributed by atoms with Gasteiger partial charge in [0.25, 0.3) is 10.0 Å². The fourth-order valence-electron chi connectivity index (χ4n) is 1.68. The van der Waals surface area contributed by atoms with Crippen LogP contribution < -0.4 is 10.0 Å². The lowest BCUT2D eigenvalue weighted by molar-refractivity contribution is 0.400. The van der Waals surface area contributed by atoms with Gasteiger partial charge in [-0.25, -0.2) is 21.9 Å². The van der Waals surface area contributed by atoms with Crippen molar-refractivity contribution in [2.45, 2.75) is 18.2 Å². The van der Waals surface area contributed by atoms with Gasteiger partial charge in [-0.05, 0) is 36.9 Å². The van der Waals surface area contributed by atoms with Crippen molar-refractivity contribution >= 4 is 10.0 Å². The van der Waals surface area contributed by atoms with Crippen LogP contribution in [-0.2, 0) is 23.1 Å². The lowest BCUT2D eigenvalue weighted by Gasteiger charge is -2.04. The zero-order chi connectivity index (χ0) is 15.5. The van der Waals surface area contributed by atoms with Gasteiger partial charge >= 0.3 is 0 Å². The highest BCUT2D eigenvalue weighted by atomic mass is 32.2. The normalized spacial score (nSPS) is 11.8. The van der Waals surface area contributed by atoms with Crippen LogP contribution in [0.2, 0.25) is 0 Å². The molecule has 2 N–H and O–H groups in total. The first-order chi connectivity index (χ1) is 9.92. The predicted molar refractivity (Wildman–Crippen MR) is 71.9 cm³/mol. The Bertz CT molecular complexity index is 729. The van der Waals surface area contributed by atoms with E-state index in [1.807, 2.05) is 0 Å². The van der Waals surface area contributed by atoms with E-state index in [-0.39, 0.29) is 11.6 Å². The molecule has 2 rings (SSSR count). The van der Waals surface area contributed by atoms with Crippen molar-refractivity contribution in [3.05, 3.63) is 53.3 Å². The molecule has 0 aliphatic heterocycles. The molecular weight excluding hydrogens is 302 g/mol. The lowest BCUT2D eigenvalue weighted by Crippen LogP contribution is -2.17. The van der Waals surface area contributed by atoms with E-state index in [0.717, 1.165) is 12.1 Å². The lowest BCUT2D eigenvalue weighted by atomic mass is 10.2. The number of hydrogen-bond acceptors (Lipinski definition) is 4. The third kappa shape index (κ3) is 3.87. The zero-order valence-corrected chi connectivity index (χ0v) is 12.0. The minimum atomic E-state index is -3.60. The maximum Gasteiger partial charge on any atom is 0.273 e. The van der Waals surface area contributed by atoms with Gasteiger partial charge in [-0.2, -0.15) is 0 Å². The molecule has 5 nitrogen and oxygen atoms in total. The molecule has 0 amide bonds. The standard InChI is InChI=1S/C13H14F2N2O3S/c1-16-21(18,19)13-5-3-10(20-13)8-17-7-9-2-4-11(14)12(15)6-9/h2-6,16-17H,7-8H2,1H3. The van der Waals surface area contributed by atoms with Gasteiger partial charge in [0.05, 0.1) is 6.54 Å². The third-order valence-corrected chi connectivity index (χ3v) is 4.07. The average Bonchev–Trinajstić information content (AvgIpc) is 2.92. The summed E-state index contributed by atoms with van der Waals surface area (Å²) in [6.45, 7) is 0.560. The van der Waals surface area contributed by atoms with E-state index < -0.39 is 21.7 Å². The molecule has 0 radical (unpaired) electrons. The van der Waals surface area contributed by atoms with Crippen LogP contribution in [-0.4, -0.2) is 15.5 Å². The quantitative estimate of drug-likeness (QED) is 0.852. The summed E-state index contributed by atoms with van der Waals surface area (Å²) < 4.78 is 56.0. The molecule has 0 spiro atoms. The number of halogens is 2. The maximum atomic E-state index is 13.0. The topological polar surface area (TPSA) is 71.3 Å². The van der Waals surface area contributed by atoms with Crippen LogP contribution >= 0.6 is 0 Å². The minimum Gasteiger partial charge on any atom is -0.447 e. The molecule has 1 heterocycles. The van der Waals surface area contributed by atoms with Crippen LogP contribution in [0.4, 0.5) is 8.78 Å². The van der Waals surface area contributed by atoms with Gasteiger partial charge in [-0.15, -0.1) is 0 Å². The molecule has 0 atom stereocenters. The van der Waals surface area contributed by atoms with Crippen molar-refractivity contribution in [3.8, 4) is 0 Å². The van der Waals surface area contributed by atoms with Gasteiger partial charge in [0.15, 0.2) is 11.6 Å². The van der Waals surface area contributed by atoms with Crippen molar-refractivity contribution in [2.75, 3.05) is 7.05 Å². The molecule has 0 bridgehead atoms. The summed E-state index contributed by atoms with van der Waals surface area (Å²) in [6, 6.07) is 6.49. The molecule has 21 heavy (non-hydrogen) atoms. The van der Waals surface area contributed by atoms with E-state index in [0.29, 0.717) is 17.9 Å². The van der Waals surface area contributed by atoms with Crippen molar-refractivity contribution in [3.63, 3.8) is 0 Å². The zero-order valence-electron chi connectivity index (χ0n) is 11.2. The summed E-state index contributed by atoms with van der Waals surface area (Å²) in [4.78, 5) is 0. The molecule has 2 aromatic rings. The van der Waals surface area contributed by atoms with Crippen molar-refractivity contribution in [2.24, 2.45) is 0 Å². The summed E-state index contributed by atoms with van der Waals surface area (Å²) in [6.07, 6.45) is 0. The van der Waals surface area contributed by atoms with Gasteiger partial charge < -0.3 is 9.73 Å². The average molecular weight is 316 g/mol. The maximum absolute atomic E-state index is 13.0. The van der Waals surface area contributed by atoms with Crippen LogP contribution in [0.1, 0.15) is 11.3 Å². The number of furan rings is 1.